The number of aromatic nitrogens is 3. The third-order valence-electron chi connectivity index (χ3n) is 3.57. The number of hydrogen-bond acceptors (Lipinski definition) is 6. The van der Waals surface area contributed by atoms with Crippen LogP contribution >= 0.6 is 23.1 Å². The number of carboxylic acid groups (broad SMARTS) is 1. The van der Waals surface area contributed by atoms with Crippen molar-refractivity contribution in [1.29, 1.82) is 0 Å². The minimum absolute atomic E-state index is 0.103. The molecule has 7 nitrogen and oxygen atoms in total. The van der Waals surface area contributed by atoms with E-state index in [0.29, 0.717) is 4.34 Å². The van der Waals surface area contributed by atoms with Crippen molar-refractivity contribution in [3.63, 3.8) is 0 Å². The number of aliphatic carboxylic acids is 1. The van der Waals surface area contributed by atoms with E-state index >= 15 is 0 Å². The van der Waals surface area contributed by atoms with Crippen LogP contribution in [-0.4, -0.2) is 44.0 Å². The molecule has 0 spiro atoms. The van der Waals surface area contributed by atoms with Gasteiger partial charge in [-0.3, -0.25) is 4.79 Å². The molecule has 0 fully saturated rings. The molecule has 9 heteroatoms. The summed E-state index contributed by atoms with van der Waals surface area (Å²) in [6, 6.07) is 6.67. The van der Waals surface area contributed by atoms with Gasteiger partial charge in [-0.15, -0.1) is 10.2 Å². The lowest BCUT2D eigenvalue weighted by atomic mass is 10.1. The topological polar surface area (TPSA) is 108 Å². The van der Waals surface area contributed by atoms with E-state index in [0.717, 1.165) is 21.5 Å². The average molecular weight is 376 g/mol. The van der Waals surface area contributed by atoms with E-state index < -0.39 is 12.0 Å². The van der Waals surface area contributed by atoms with Crippen LogP contribution in [0.2, 0.25) is 0 Å². The van der Waals surface area contributed by atoms with Gasteiger partial charge in [-0.1, -0.05) is 41.3 Å². The van der Waals surface area contributed by atoms with Gasteiger partial charge >= 0.3 is 5.97 Å². The maximum absolute atomic E-state index is 12.1. The maximum atomic E-state index is 12.1. The summed E-state index contributed by atoms with van der Waals surface area (Å²) in [7, 11) is 0. The van der Waals surface area contributed by atoms with Crippen LogP contribution in [0, 0.1) is 6.92 Å². The SMILES string of the molecule is Cc1nnc(SCC(=O)N[C@@H](Cc2c[nH]c3ccccc23)C(=O)O)s1. The van der Waals surface area contributed by atoms with Gasteiger partial charge in [0.1, 0.15) is 11.0 Å². The Kier molecular flexibility index (Phi) is 5.34. The Labute approximate surface area is 151 Å². The second kappa shape index (κ2) is 7.66. The number of fused-ring (bicyclic) bond motifs is 1. The first-order valence-electron chi connectivity index (χ1n) is 7.53. The summed E-state index contributed by atoms with van der Waals surface area (Å²) in [4.78, 5) is 26.7. The van der Waals surface area contributed by atoms with Crippen LogP contribution in [0.5, 0.6) is 0 Å². The van der Waals surface area contributed by atoms with E-state index in [-0.39, 0.29) is 18.1 Å². The molecular formula is C16H16N4O3S2. The standard InChI is InChI=1S/C16H16N4O3S2/c1-9-19-20-16(25-9)24-8-14(21)18-13(15(22)23)6-10-7-17-12-5-3-2-4-11(10)12/h2-5,7,13,17H,6,8H2,1H3,(H,18,21)(H,22,23)/t13-/m0/s1. The zero-order chi connectivity index (χ0) is 17.8. The molecule has 0 radical (unpaired) electrons. The molecule has 0 saturated heterocycles. The molecule has 0 aliphatic rings. The fraction of sp³-hybridized carbons (Fsp3) is 0.250. The zero-order valence-corrected chi connectivity index (χ0v) is 15.0. The van der Waals surface area contributed by atoms with Gasteiger partial charge in [0, 0.05) is 23.5 Å². The van der Waals surface area contributed by atoms with E-state index in [1.54, 1.807) is 6.20 Å². The fourth-order valence-electron chi connectivity index (χ4n) is 2.42. The third-order valence-corrected chi connectivity index (χ3v) is 5.54. The number of carboxylic acids is 1. The summed E-state index contributed by atoms with van der Waals surface area (Å²) in [6.07, 6.45) is 2.00. The van der Waals surface area contributed by atoms with Crippen LogP contribution in [0.3, 0.4) is 0 Å². The maximum Gasteiger partial charge on any atom is 0.326 e. The van der Waals surface area contributed by atoms with Gasteiger partial charge in [-0.25, -0.2) is 4.79 Å². The number of carbonyl (C=O) groups is 2. The van der Waals surface area contributed by atoms with Crippen LogP contribution in [0.25, 0.3) is 10.9 Å². The molecule has 0 saturated carbocycles. The zero-order valence-electron chi connectivity index (χ0n) is 13.4. The highest BCUT2D eigenvalue weighted by molar-refractivity contribution is 8.01. The fourth-order valence-corrected chi connectivity index (χ4v) is 4.05. The molecule has 1 amide bonds. The van der Waals surface area contributed by atoms with Gasteiger partial charge in [0.05, 0.1) is 5.75 Å². The molecule has 0 bridgehead atoms. The van der Waals surface area contributed by atoms with Gasteiger partial charge in [-0.2, -0.15) is 0 Å². The van der Waals surface area contributed by atoms with Crippen LogP contribution < -0.4 is 5.32 Å². The summed E-state index contributed by atoms with van der Waals surface area (Å²) in [6.45, 7) is 1.84. The number of thioether (sulfide) groups is 1. The van der Waals surface area contributed by atoms with Gasteiger partial charge in [0.2, 0.25) is 5.91 Å². The first kappa shape index (κ1) is 17.4. The molecule has 1 atom stereocenters. The summed E-state index contributed by atoms with van der Waals surface area (Å²) in [5, 5.41) is 21.6. The van der Waals surface area contributed by atoms with Gasteiger partial charge in [-0.05, 0) is 18.6 Å². The van der Waals surface area contributed by atoms with E-state index in [1.165, 1.54) is 23.1 Å². The third kappa shape index (κ3) is 4.37. The van der Waals surface area contributed by atoms with E-state index in [1.807, 2.05) is 31.2 Å². The highest BCUT2D eigenvalue weighted by Crippen LogP contribution is 2.22. The number of para-hydroxylation sites is 1. The normalized spacial score (nSPS) is 12.2. The molecule has 130 valence electrons. The van der Waals surface area contributed by atoms with Crippen molar-refractivity contribution in [3.8, 4) is 0 Å². The molecule has 0 aliphatic carbocycles. The summed E-state index contributed by atoms with van der Waals surface area (Å²) < 4.78 is 0.691. The van der Waals surface area contributed by atoms with Crippen molar-refractivity contribution < 1.29 is 14.7 Å². The monoisotopic (exact) mass is 376 g/mol. The lowest BCUT2D eigenvalue weighted by Gasteiger charge is -2.13. The number of H-pyrrole nitrogens is 1. The van der Waals surface area contributed by atoms with Crippen molar-refractivity contribution in [1.82, 2.24) is 20.5 Å². The second-order valence-corrected chi connectivity index (χ2v) is 7.80. The van der Waals surface area contributed by atoms with Gasteiger partial charge in [0.15, 0.2) is 4.34 Å². The number of aromatic amines is 1. The number of benzene rings is 1. The van der Waals surface area contributed by atoms with Gasteiger partial charge < -0.3 is 15.4 Å². The molecule has 3 rings (SSSR count). The molecule has 3 aromatic rings. The quantitative estimate of drug-likeness (QED) is 0.546. The van der Waals surface area contributed by atoms with Crippen LogP contribution in [-0.2, 0) is 16.0 Å². The van der Waals surface area contributed by atoms with Crippen LogP contribution in [0.1, 0.15) is 10.6 Å². The van der Waals surface area contributed by atoms with Crippen molar-refractivity contribution in [2.45, 2.75) is 23.7 Å². The Bertz CT molecular complexity index is 906. The molecular weight excluding hydrogens is 360 g/mol. The highest BCUT2D eigenvalue weighted by Gasteiger charge is 2.22. The molecule has 0 aliphatic heterocycles. The summed E-state index contributed by atoms with van der Waals surface area (Å²) in [5.74, 6) is -1.30. The first-order chi connectivity index (χ1) is 12.0. The number of nitrogens with one attached hydrogen (secondary N) is 2. The number of rotatable bonds is 7. The highest BCUT2D eigenvalue weighted by atomic mass is 32.2. The van der Waals surface area contributed by atoms with Crippen molar-refractivity contribution in [2.75, 3.05) is 5.75 Å². The summed E-state index contributed by atoms with van der Waals surface area (Å²) in [5.41, 5.74) is 1.80. The first-order valence-corrected chi connectivity index (χ1v) is 9.33. The molecule has 1 aromatic carbocycles. The van der Waals surface area contributed by atoms with E-state index in [2.05, 4.69) is 20.5 Å². The van der Waals surface area contributed by atoms with Crippen molar-refractivity contribution in [2.24, 2.45) is 0 Å². The second-order valence-electron chi connectivity index (χ2n) is 5.40. The average Bonchev–Trinajstić information content (AvgIpc) is 3.19. The largest absolute Gasteiger partial charge is 0.480 e. The lowest BCUT2D eigenvalue weighted by molar-refractivity contribution is -0.141. The smallest absolute Gasteiger partial charge is 0.326 e. The van der Waals surface area contributed by atoms with Crippen molar-refractivity contribution >= 4 is 45.9 Å². The number of carbonyl (C=O) groups excluding carboxylic acids is 1. The molecule has 2 heterocycles. The minimum atomic E-state index is -1.06. The van der Waals surface area contributed by atoms with E-state index in [9.17, 15) is 14.7 Å². The van der Waals surface area contributed by atoms with Crippen LogP contribution in [0.15, 0.2) is 34.8 Å². The number of amides is 1. The predicted octanol–water partition coefficient (Wildman–Crippen LogP) is 2.23. The summed E-state index contributed by atoms with van der Waals surface area (Å²) >= 11 is 2.65. The number of aryl methyl sites for hydroxylation is 1. The Hall–Kier alpha value is -2.39. The van der Waals surface area contributed by atoms with Gasteiger partial charge in [0.25, 0.3) is 0 Å². The van der Waals surface area contributed by atoms with Crippen LogP contribution in [0.4, 0.5) is 0 Å². The van der Waals surface area contributed by atoms with E-state index in [4.69, 9.17) is 0 Å². The Morgan fingerprint density at radius 1 is 1.36 bits per heavy atom. The number of hydrogen-bond donors (Lipinski definition) is 3. The molecule has 3 N–H and O–H groups in total. The Balaban J connectivity index is 1.63. The van der Waals surface area contributed by atoms with Crippen molar-refractivity contribution in [3.05, 3.63) is 41.0 Å². The Morgan fingerprint density at radius 2 is 2.16 bits per heavy atom. The molecule has 0 unspecified atom stereocenters. The molecule has 2 aromatic heterocycles. The Morgan fingerprint density at radius 3 is 2.88 bits per heavy atom. The number of nitrogens with zero attached hydrogens (tertiary/aromatic N) is 2. The lowest BCUT2D eigenvalue weighted by Crippen LogP contribution is -2.43. The molecule has 25 heavy (non-hydrogen) atoms. The predicted molar refractivity (Wildman–Crippen MR) is 96.9 cm³/mol. The minimum Gasteiger partial charge on any atom is -0.480 e.